The van der Waals surface area contributed by atoms with Gasteiger partial charge in [0, 0.05) is 12.8 Å². The Bertz CT molecular complexity index is 1220. The molecule has 0 rings (SSSR count). The molecule has 0 aliphatic carbocycles. The third kappa shape index (κ3) is 43.5. The minimum Gasteiger partial charge on any atom is -0.462 e. The lowest BCUT2D eigenvalue weighted by atomic mass is 10.0. The average molecular weight is 865 g/mol. The highest BCUT2D eigenvalue weighted by Crippen LogP contribution is 2.43. The predicted octanol–water partition coefficient (Wildman–Crippen LogP) is 12.8. The van der Waals surface area contributed by atoms with E-state index in [-0.39, 0.29) is 19.4 Å². The molecule has 60 heavy (non-hydrogen) atoms. The molecule has 0 aliphatic rings. The monoisotopic (exact) mass is 865 g/mol. The van der Waals surface area contributed by atoms with Gasteiger partial charge in [-0.3, -0.25) is 18.6 Å². The highest BCUT2D eigenvalue weighted by molar-refractivity contribution is 7.47. The normalized spacial score (nSPS) is 14.4. The fourth-order valence-corrected chi connectivity index (χ4v) is 6.87. The molecule has 0 radical (unpaired) electrons. The van der Waals surface area contributed by atoms with Crippen LogP contribution in [0.4, 0.5) is 0 Å². The molecular weight excluding hydrogens is 780 g/mol. The lowest BCUT2D eigenvalue weighted by molar-refractivity contribution is -0.161. The molecule has 0 aromatic heterocycles. The van der Waals surface area contributed by atoms with Crippen molar-refractivity contribution in [2.24, 2.45) is 0 Å². The van der Waals surface area contributed by atoms with Crippen molar-refractivity contribution in [2.75, 3.05) is 26.4 Å². The van der Waals surface area contributed by atoms with Gasteiger partial charge in [-0.1, -0.05) is 196 Å². The van der Waals surface area contributed by atoms with E-state index in [0.717, 1.165) is 57.8 Å². The maximum atomic E-state index is 12.6. The van der Waals surface area contributed by atoms with E-state index in [1.54, 1.807) is 0 Å². The van der Waals surface area contributed by atoms with Crippen LogP contribution >= 0.6 is 7.82 Å². The topological polar surface area (TPSA) is 149 Å². The zero-order valence-electron chi connectivity index (χ0n) is 37.6. The van der Waals surface area contributed by atoms with Gasteiger partial charge in [-0.2, -0.15) is 0 Å². The summed E-state index contributed by atoms with van der Waals surface area (Å²) in [5, 5.41) is 18.4. The van der Waals surface area contributed by atoms with Gasteiger partial charge in [0.25, 0.3) is 0 Å². The number of hydrogen-bond acceptors (Lipinski definition) is 9. The minimum atomic E-state index is -4.64. The van der Waals surface area contributed by atoms with Crippen molar-refractivity contribution in [1.82, 2.24) is 0 Å². The summed E-state index contributed by atoms with van der Waals surface area (Å²) in [5.41, 5.74) is 0. The molecule has 0 aromatic carbocycles. The average Bonchev–Trinajstić information content (AvgIpc) is 3.24. The second-order valence-electron chi connectivity index (χ2n) is 15.4. The van der Waals surface area contributed by atoms with Gasteiger partial charge in [-0.15, -0.1) is 0 Å². The van der Waals surface area contributed by atoms with Gasteiger partial charge in [0.15, 0.2) is 6.10 Å². The Morgan fingerprint density at radius 1 is 0.517 bits per heavy atom. The van der Waals surface area contributed by atoms with Crippen molar-refractivity contribution < 1.29 is 47.8 Å². The van der Waals surface area contributed by atoms with Crippen LogP contribution in [0.25, 0.3) is 0 Å². The molecule has 3 atom stereocenters. The maximum Gasteiger partial charge on any atom is 0.472 e. The van der Waals surface area contributed by atoms with E-state index in [2.05, 4.69) is 79.1 Å². The minimum absolute atomic E-state index is 0.0574. The molecule has 346 valence electrons. The first-order valence-corrected chi connectivity index (χ1v) is 24.9. The van der Waals surface area contributed by atoms with E-state index < -0.39 is 51.8 Å². The van der Waals surface area contributed by atoms with E-state index in [1.807, 2.05) is 12.2 Å². The van der Waals surface area contributed by atoms with Gasteiger partial charge in [0.2, 0.25) is 0 Å². The number of carbonyl (C=O) groups excluding carboxylic acids is 2. The first kappa shape index (κ1) is 57.4. The van der Waals surface area contributed by atoms with Crippen LogP contribution < -0.4 is 0 Å². The highest BCUT2D eigenvalue weighted by Gasteiger charge is 2.27. The smallest absolute Gasteiger partial charge is 0.462 e. The highest BCUT2D eigenvalue weighted by atomic mass is 31.2. The van der Waals surface area contributed by atoms with E-state index in [1.165, 1.54) is 89.9 Å². The van der Waals surface area contributed by atoms with Gasteiger partial charge in [0.1, 0.15) is 12.7 Å². The van der Waals surface area contributed by atoms with E-state index in [4.69, 9.17) is 19.1 Å². The van der Waals surface area contributed by atoms with Crippen LogP contribution in [0, 0.1) is 0 Å². The molecule has 0 saturated heterocycles. The number of allylic oxidation sites excluding steroid dienone is 12. The fourth-order valence-electron chi connectivity index (χ4n) is 6.08. The summed E-state index contributed by atoms with van der Waals surface area (Å²) >= 11 is 0. The van der Waals surface area contributed by atoms with Crippen LogP contribution in [-0.4, -0.2) is 65.7 Å². The maximum absolute atomic E-state index is 12.6. The Balaban J connectivity index is 4.36. The summed E-state index contributed by atoms with van der Waals surface area (Å²) in [5.74, 6) is -1.02. The van der Waals surface area contributed by atoms with Gasteiger partial charge in [-0.05, 0) is 51.4 Å². The summed E-state index contributed by atoms with van der Waals surface area (Å²) < 4.78 is 32.7. The number of aliphatic hydroxyl groups excluding tert-OH is 2. The first-order chi connectivity index (χ1) is 29.2. The quantitative estimate of drug-likeness (QED) is 0.0234. The zero-order chi connectivity index (χ0) is 44.0. The molecule has 0 heterocycles. The molecule has 0 fully saturated rings. The number of hydrogen-bond donors (Lipinski definition) is 3. The Morgan fingerprint density at radius 3 is 1.35 bits per heavy atom. The van der Waals surface area contributed by atoms with Crippen LogP contribution in [0.5, 0.6) is 0 Å². The standard InChI is InChI=1S/C49H85O10P/c1-3-5-7-9-11-13-15-17-19-21-23-25-27-29-31-33-35-37-39-41-49(53)59-47(45-58-60(54,55)57-43-46(51)42-50)44-56-48(52)40-38-36-34-32-30-28-26-24-22-20-18-16-14-12-10-8-6-4-2/h5,7,11,13,17,19,23,25,29,31,35,37,46-47,50-51H,3-4,6,8-10,12,14-16,18,20-22,24,26-28,30,32-34,36,38-45H2,1-2H3,(H,54,55)/b7-5-,13-11-,19-17-,25-23-,31-29-,37-35-/t46?,47-/m1/s1. The lowest BCUT2D eigenvalue weighted by Crippen LogP contribution is -2.29. The van der Waals surface area contributed by atoms with Gasteiger partial charge in [0.05, 0.1) is 19.8 Å². The van der Waals surface area contributed by atoms with Gasteiger partial charge < -0.3 is 24.6 Å². The third-order valence-electron chi connectivity index (χ3n) is 9.64. The molecule has 11 heteroatoms. The fraction of sp³-hybridized carbons (Fsp3) is 0.714. The largest absolute Gasteiger partial charge is 0.472 e. The number of phosphoric ester groups is 1. The molecule has 3 N–H and O–H groups in total. The van der Waals surface area contributed by atoms with Crippen molar-refractivity contribution >= 4 is 19.8 Å². The number of carbonyl (C=O) groups is 2. The number of phosphoric acid groups is 1. The van der Waals surface area contributed by atoms with Crippen LogP contribution in [0.15, 0.2) is 72.9 Å². The predicted molar refractivity (Wildman–Crippen MR) is 247 cm³/mol. The van der Waals surface area contributed by atoms with Gasteiger partial charge >= 0.3 is 19.8 Å². The van der Waals surface area contributed by atoms with Crippen LogP contribution in [0.1, 0.15) is 187 Å². The number of aliphatic hydroxyl groups is 2. The van der Waals surface area contributed by atoms with Crippen LogP contribution in [-0.2, 0) is 32.7 Å². The van der Waals surface area contributed by atoms with Crippen LogP contribution in [0.2, 0.25) is 0 Å². The van der Waals surface area contributed by atoms with Crippen molar-refractivity contribution in [2.45, 2.75) is 199 Å². The Morgan fingerprint density at radius 2 is 0.917 bits per heavy atom. The van der Waals surface area contributed by atoms with Crippen LogP contribution in [0.3, 0.4) is 0 Å². The molecule has 0 aliphatic heterocycles. The molecule has 0 amide bonds. The van der Waals surface area contributed by atoms with Crippen molar-refractivity contribution in [3.63, 3.8) is 0 Å². The van der Waals surface area contributed by atoms with Gasteiger partial charge in [-0.25, -0.2) is 4.57 Å². The number of esters is 2. The molecular formula is C49H85O10P. The summed E-state index contributed by atoms with van der Waals surface area (Å²) in [6.07, 6.45) is 51.7. The number of ether oxygens (including phenoxy) is 2. The van der Waals surface area contributed by atoms with Crippen molar-refractivity contribution in [1.29, 1.82) is 0 Å². The van der Waals surface area contributed by atoms with E-state index >= 15 is 0 Å². The number of rotatable bonds is 43. The zero-order valence-corrected chi connectivity index (χ0v) is 38.5. The van der Waals surface area contributed by atoms with E-state index in [9.17, 15) is 24.2 Å². The molecule has 0 saturated carbocycles. The Kier molecular flexibility index (Phi) is 42.5. The second-order valence-corrected chi connectivity index (χ2v) is 16.9. The second kappa shape index (κ2) is 44.5. The first-order valence-electron chi connectivity index (χ1n) is 23.4. The molecule has 0 spiro atoms. The van der Waals surface area contributed by atoms with E-state index in [0.29, 0.717) is 12.8 Å². The number of unbranched alkanes of at least 4 members (excludes halogenated alkanes) is 17. The summed E-state index contributed by atoms with van der Waals surface area (Å²) in [7, 11) is -4.64. The summed E-state index contributed by atoms with van der Waals surface area (Å²) in [4.78, 5) is 35.0. The third-order valence-corrected chi connectivity index (χ3v) is 10.6. The molecule has 0 aromatic rings. The SMILES string of the molecule is CC/C=C\C/C=C\C/C=C\C/C=C\C/C=C\C/C=C\CCC(=O)O[C@H](COC(=O)CCCCCCCCCCCCCCCCCCCC)COP(=O)(O)OCC(O)CO. The molecule has 2 unspecified atom stereocenters. The van der Waals surface area contributed by atoms with Crippen molar-refractivity contribution in [3.05, 3.63) is 72.9 Å². The molecule has 10 nitrogen and oxygen atoms in total. The molecule has 0 bridgehead atoms. The summed E-state index contributed by atoms with van der Waals surface area (Å²) in [6.45, 7) is 2.19. The Labute approximate surface area is 365 Å². The van der Waals surface area contributed by atoms with Crippen molar-refractivity contribution in [3.8, 4) is 0 Å². The Hall–Kier alpha value is -2.59. The summed E-state index contributed by atoms with van der Waals surface area (Å²) in [6, 6.07) is 0. The lowest BCUT2D eigenvalue weighted by Gasteiger charge is -2.20.